The van der Waals surface area contributed by atoms with Crippen molar-refractivity contribution in [3.05, 3.63) is 0 Å². The SMILES string of the molecule is CCC(C)NC(=O)CCNC(=O)CN1C(=O)NC2(CCC(C)CC2)C1=O. The third kappa shape index (κ3) is 4.74. The van der Waals surface area contributed by atoms with Crippen molar-refractivity contribution in [2.45, 2.75) is 70.9 Å². The fraction of sp³-hybridized carbons (Fsp3) is 0.778. The smallest absolute Gasteiger partial charge is 0.325 e. The molecule has 1 saturated carbocycles. The van der Waals surface area contributed by atoms with Crippen LogP contribution in [0, 0.1) is 5.92 Å². The van der Waals surface area contributed by atoms with Crippen molar-refractivity contribution in [3.8, 4) is 0 Å². The highest BCUT2D eigenvalue weighted by molar-refractivity contribution is 6.09. The van der Waals surface area contributed by atoms with Crippen molar-refractivity contribution in [3.63, 3.8) is 0 Å². The van der Waals surface area contributed by atoms with Gasteiger partial charge in [0.05, 0.1) is 0 Å². The van der Waals surface area contributed by atoms with Gasteiger partial charge in [0, 0.05) is 19.0 Å². The lowest BCUT2D eigenvalue weighted by molar-refractivity contribution is -0.136. The first kappa shape index (κ1) is 20.2. The van der Waals surface area contributed by atoms with Gasteiger partial charge in [-0.3, -0.25) is 19.3 Å². The molecule has 1 aliphatic heterocycles. The van der Waals surface area contributed by atoms with E-state index in [-0.39, 0.29) is 37.4 Å². The summed E-state index contributed by atoms with van der Waals surface area (Å²) < 4.78 is 0. The minimum absolute atomic E-state index is 0.0959. The lowest BCUT2D eigenvalue weighted by atomic mass is 9.77. The molecule has 0 aromatic carbocycles. The second kappa shape index (κ2) is 8.51. The number of nitrogens with zero attached hydrogens (tertiary/aromatic N) is 1. The van der Waals surface area contributed by atoms with Crippen LogP contribution < -0.4 is 16.0 Å². The second-order valence-electron chi connectivity index (χ2n) is 7.56. The minimum atomic E-state index is -0.833. The molecule has 0 aromatic rings. The molecule has 26 heavy (non-hydrogen) atoms. The van der Waals surface area contributed by atoms with Gasteiger partial charge in [0.15, 0.2) is 0 Å². The van der Waals surface area contributed by atoms with Gasteiger partial charge in [-0.15, -0.1) is 0 Å². The zero-order chi connectivity index (χ0) is 19.3. The Balaban J connectivity index is 1.79. The highest BCUT2D eigenvalue weighted by Gasteiger charge is 2.52. The Hall–Kier alpha value is -2.12. The van der Waals surface area contributed by atoms with Gasteiger partial charge in [0.25, 0.3) is 5.91 Å². The predicted octanol–water partition coefficient (Wildman–Crippen LogP) is 0.908. The van der Waals surface area contributed by atoms with Crippen molar-refractivity contribution < 1.29 is 19.2 Å². The Labute approximate surface area is 154 Å². The summed E-state index contributed by atoms with van der Waals surface area (Å²) >= 11 is 0. The summed E-state index contributed by atoms with van der Waals surface area (Å²) in [6.45, 7) is 5.89. The van der Waals surface area contributed by atoms with E-state index in [1.807, 2.05) is 13.8 Å². The average molecular weight is 366 g/mol. The van der Waals surface area contributed by atoms with Gasteiger partial charge in [-0.05, 0) is 44.9 Å². The Kier molecular flexibility index (Phi) is 6.61. The van der Waals surface area contributed by atoms with Crippen molar-refractivity contribution in [1.29, 1.82) is 0 Å². The van der Waals surface area contributed by atoms with Crippen molar-refractivity contribution in [2.75, 3.05) is 13.1 Å². The van der Waals surface area contributed by atoms with E-state index in [0.29, 0.717) is 18.8 Å². The maximum Gasteiger partial charge on any atom is 0.325 e. The van der Waals surface area contributed by atoms with Crippen LogP contribution in [0.25, 0.3) is 0 Å². The van der Waals surface area contributed by atoms with Gasteiger partial charge < -0.3 is 16.0 Å². The van der Waals surface area contributed by atoms with E-state index in [4.69, 9.17) is 0 Å². The zero-order valence-electron chi connectivity index (χ0n) is 15.9. The quantitative estimate of drug-likeness (QED) is 0.582. The van der Waals surface area contributed by atoms with E-state index in [9.17, 15) is 19.2 Å². The molecule has 1 aliphatic carbocycles. The lowest BCUT2D eigenvalue weighted by Gasteiger charge is -2.33. The molecule has 146 valence electrons. The maximum atomic E-state index is 12.7. The number of urea groups is 1. The van der Waals surface area contributed by atoms with Crippen LogP contribution in [0.15, 0.2) is 0 Å². The Morgan fingerprint density at radius 3 is 2.54 bits per heavy atom. The van der Waals surface area contributed by atoms with Crippen LogP contribution in [0.1, 0.15) is 59.3 Å². The topological polar surface area (TPSA) is 108 Å². The number of carbonyl (C=O) groups is 4. The number of hydrogen-bond acceptors (Lipinski definition) is 4. The molecule has 5 amide bonds. The molecular weight excluding hydrogens is 336 g/mol. The molecule has 8 nitrogen and oxygen atoms in total. The van der Waals surface area contributed by atoms with Crippen molar-refractivity contribution in [1.82, 2.24) is 20.9 Å². The van der Waals surface area contributed by atoms with E-state index in [1.54, 1.807) is 0 Å². The van der Waals surface area contributed by atoms with Crippen LogP contribution in [0.2, 0.25) is 0 Å². The standard InChI is InChI=1S/C18H30N4O4/c1-4-13(3)20-14(23)7-10-19-15(24)11-22-16(25)18(21-17(22)26)8-5-12(2)6-9-18/h12-13H,4-11H2,1-3H3,(H,19,24)(H,20,23)(H,21,26). The summed E-state index contributed by atoms with van der Waals surface area (Å²) in [6, 6.07) is -0.410. The van der Waals surface area contributed by atoms with Crippen LogP contribution in [0.3, 0.4) is 0 Å². The van der Waals surface area contributed by atoms with E-state index in [1.165, 1.54) is 0 Å². The molecule has 1 atom stereocenters. The summed E-state index contributed by atoms with van der Waals surface area (Å²) in [5.74, 6) is -0.334. The van der Waals surface area contributed by atoms with Gasteiger partial charge in [-0.1, -0.05) is 13.8 Å². The van der Waals surface area contributed by atoms with E-state index in [2.05, 4.69) is 22.9 Å². The number of amides is 5. The molecule has 0 radical (unpaired) electrons. The fourth-order valence-corrected chi connectivity index (χ4v) is 3.38. The summed E-state index contributed by atoms with van der Waals surface area (Å²) in [4.78, 5) is 49.6. The fourth-order valence-electron chi connectivity index (χ4n) is 3.38. The van der Waals surface area contributed by atoms with Crippen LogP contribution >= 0.6 is 0 Å². The third-order valence-electron chi connectivity index (χ3n) is 5.37. The normalized spacial score (nSPS) is 26.6. The van der Waals surface area contributed by atoms with E-state index >= 15 is 0 Å². The van der Waals surface area contributed by atoms with Crippen LogP contribution in [0.5, 0.6) is 0 Å². The molecule has 1 spiro atoms. The molecule has 3 N–H and O–H groups in total. The molecular formula is C18H30N4O4. The molecule has 1 saturated heterocycles. The van der Waals surface area contributed by atoms with E-state index < -0.39 is 17.5 Å². The Morgan fingerprint density at radius 2 is 1.92 bits per heavy atom. The number of nitrogens with one attached hydrogen (secondary N) is 3. The van der Waals surface area contributed by atoms with Gasteiger partial charge in [0.1, 0.15) is 12.1 Å². The predicted molar refractivity (Wildman–Crippen MR) is 96.1 cm³/mol. The summed E-state index contributed by atoms with van der Waals surface area (Å²) in [7, 11) is 0. The van der Waals surface area contributed by atoms with Crippen LogP contribution in [0.4, 0.5) is 4.79 Å². The Morgan fingerprint density at radius 1 is 1.27 bits per heavy atom. The number of carbonyl (C=O) groups excluding carboxylic acids is 4. The molecule has 0 aromatic heterocycles. The maximum absolute atomic E-state index is 12.7. The first-order valence-corrected chi connectivity index (χ1v) is 9.47. The van der Waals surface area contributed by atoms with Crippen molar-refractivity contribution in [2.24, 2.45) is 5.92 Å². The third-order valence-corrected chi connectivity index (χ3v) is 5.37. The molecule has 0 bridgehead atoms. The zero-order valence-corrected chi connectivity index (χ0v) is 15.9. The second-order valence-corrected chi connectivity index (χ2v) is 7.56. The summed E-state index contributed by atoms with van der Waals surface area (Å²) in [6.07, 6.45) is 4.01. The summed E-state index contributed by atoms with van der Waals surface area (Å²) in [5.41, 5.74) is -0.833. The highest BCUT2D eigenvalue weighted by Crippen LogP contribution is 2.36. The van der Waals surface area contributed by atoms with Gasteiger partial charge in [-0.2, -0.15) is 0 Å². The largest absolute Gasteiger partial charge is 0.354 e. The average Bonchev–Trinajstić information content (AvgIpc) is 2.82. The molecule has 1 unspecified atom stereocenters. The van der Waals surface area contributed by atoms with Crippen LogP contribution in [-0.4, -0.2) is 53.3 Å². The Bertz CT molecular complexity index is 570. The monoisotopic (exact) mass is 366 g/mol. The number of rotatable bonds is 7. The summed E-state index contributed by atoms with van der Waals surface area (Å²) in [5, 5.41) is 8.20. The molecule has 2 rings (SSSR count). The molecule has 8 heteroatoms. The van der Waals surface area contributed by atoms with Gasteiger partial charge >= 0.3 is 6.03 Å². The molecule has 2 fully saturated rings. The van der Waals surface area contributed by atoms with Crippen LogP contribution in [-0.2, 0) is 14.4 Å². The lowest BCUT2D eigenvalue weighted by Crippen LogP contribution is -2.50. The number of imide groups is 1. The first-order chi connectivity index (χ1) is 12.3. The first-order valence-electron chi connectivity index (χ1n) is 9.47. The van der Waals surface area contributed by atoms with Crippen molar-refractivity contribution >= 4 is 23.8 Å². The number of hydrogen-bond donors (Lipinski definition) is 3. The molecule has 2 aliphatic rings. The molecule has 1 heterocycles. The van der Waals surface area contributed by atoms with Gasteiger partial charge in [0.2, 0.25) is 11.8 Å². The van der Waals surface area contributed by atoms with Gasteiger partial charge in [-0.25, -0.2) is 4.79 Å². The minimum Gasteiger partial charge on any atom is -0.354 e. The highest BCUT2D eigenvalue weighted by atomic mass is 16.2. The van der Waals surface area contributed by atoms with E-state index in [0.717, 1.165) is 24.2 Å².